The molecule has 3 atom stereocenters. The summed E-state index contributed by atoms with van der Waals surface area (Å²) in [6.45, 7) is 7.78. The molecule has 3 heteroatoms. The minimum atomic E-state index is 0.576. The van der Waals surface area contributed by atoms with Crippen LogP contribution in [0.4, 0.5) is 0 Å². The number of aromatic nitrogens is 2. The molecule has 2 heterocycles. The molecule has 1 aliphatic rings. The van der Waals surface area contributed by atoms with Gasteiger partial charge < -0.3 is 5.32 Å². The molecule has 0 radical (unpaired) electrons. The molecule has 1 N–H and O–H groups in total. The Bertz CT molecular complexity index is 318. The predicted octanol–water partition coefficient (Wildman–Crippen LogP) is 2.15. The molecule has 0 aliphatic carbocycles. The molecular formula is C12H21N3. The number of nitrogens with zero attached hydrogens (tertiary/aromatic N) is 2. The topological polar surface area (TPSA) is 29.9 Å². The summed E-state index contributed by atoms with van der Waals surface area (Å²) in [5, 5.41) is 7.98. The number of rotatable bonds is 3. The van der Waals surface area contributed by atoms with Crippen molar-refractivity contribution in [2.75, 3.05) is 0 Å². The van der Waals surface area contributed by atoms with E-state index in [0.29, 0.717) is 18.0 Å². The Balaban J connectivity index is 2.17. The molecule has 1 aromatic heterocycles. The maximum atomic E-state index is 4.40. The van der Waals surface area contributed by atoms with Gasteiger partial charge in [-0.05, 0) is 32.8 Å². The Morgan fingerprint density at radius 2 is 2.33 bits per heavy atom. The first-order valence-corrected chi connectivity index (χ1v) is 6.00. The number of aryl methyl sites for hydroxylation is 1. The van der Waals surface area contributed by atoms with Gasteiger partial charge in [-0.3, -0.25) is 4.68 Å². The van der Waals surface area contributed by atoms with Crippen molar-refractivity contribution in [1.82, 2.24) is 15.1 Å². The standard InChI is InChI=1S/C12H21N3/c1-4-7-15-12(5-6-13-15)11-8-9(2)14-10(11)3/h5-6,9-11,14H,4,7-8H2,1-3H3. The van der Waals surface area contributed by atoms with Crippen LogP contribution in [0.25, 0.3) is 0 Å². The summed E-state index contributed by atoms with van der Waals surface area (Å²) < 4.78 is 2.17. The lowest BCUT2D eigenvalue weighted by Crippen LogP contribution is -2.26. The third-order valence-corrected chi connectivity index (χ3v) is 3.32. The molecule has 15 heavy (non-hydrogen) atoms. The first kappa shape index (κ1) is 10.7. The summed E-state index contributed by atoms with van der Waals surface area (Å²) in [4.78, 5) is 0. The average Bonchev–Trinajstić information content (AvgIpc) is 2.73. The van der Waals surface area contributed by atoms with Crippen molar-refractivity contribution in [2.45, 2.75) is 58.2 Å². The van der Waals surface area contributed by atoms with Crippen molar-refractivity contribution < 1.29 is 0 Å². The summed E-state index contributed by atoms with van der Waals surface area (Å²) in [6, 6.07) is 3.39. The fraction of sp³-hybridized carbons (Fsp3) is 0.750. The van der Waals surface area contributed by atoms with Crippen LogP contribution in [0.15, 0.2) is 12.3 Å². The lowest BCUT2D eigenvalue weighted by atomic mass is 9.96. The van der Waals surface area contributed by atoms with E-state index < -0.39 is 0 Å². The molecule has 1 fully saturated rings. The summed E-state index contributed by atoms with van der Waals surface area (Å²) in [6.07, 6.45) is 4.32. The highest BCUT2D eigenvalue weighted by atomic mass is 15.3. The highest BCUT2D eigenvalue weighted by molar-refractivity contribution is 5.14. The van der Waals surface area contributed by atoms with Gasteiger partial charge in [0.25, 0.3) is 0 Å². The van der Waals surface area contributed by atoms with Gasteiger partial charge in [-0.1, -0.05) is 6.92 Å². The van der Waals surface area contributed by atoms with Crippen molar-refractivity contribution in [3.63, 3.8) is 0 Å². The quantitative estimate of drug-likeness (QED) is 0.823. The lowest BCUT2D eigenvalue weighted by molar-refractivity contribution is 0.508. The molecule has 1 saturated heterocycles. The van der Waals surface area contributed by atoms with Crippen LogP contribution in [0, 0.1) is 0 Å². The van der Waals surface area contributed by atoms with Crippen LogP contribution >= 0.6 is 0 Å². The van der Waals surface area contributed by atoms with Crippen molar-refractivity contribution in [3.05, 3.63) is 18.0 Å². The van der Waals surface area contributed by atoms with Crippen molar-refractivity contribution in [1.29, 1.82) is 0 Å². The molecule has 2 rings (SSSR count). The molecule has 0 bridgehead atoms. The van der Waals surface area contributed by atoms with Crippen LogP contribution in [0.5, 0.6) is 0 Å². The normalized spacial score (nSPS) is 31.0. The van der Waals surface area contributed by atoms with E-state index in [4.69, 9.17) is 0 Å². The summed E-state index contributed by atoms with van der Waals surface area (Å²) in [5.74, 6) is 0.633. The van der Waals surface area contributed by atoms with Crippen molar-refractivity contribution >= 4 is 0 Å². The maximum absolute atomic E-state index is 4.40. The van der Waals surface area contributed by atoms with E-state index in [1.54, 1.807) is 0 Å². The van der Waals surface area contributed by atoms with Crippen LogP contribution in [-0.2, 0) is 6.54 Å². The first-order chi connectivity index (χ1) is 7.22. The van der Waals surface area contributed by atoms with Gasteiger partial charge in [0.05, 0.1) is 0 Å². The smallest absolute Gasteiger partial charge is 0.0492 e. The van der Waals surface area contributed by atoms with Gasteiger partial charge in [-0.25, -0.2) is 0 Å². The van der Waals surface area contributed by atoms with Gasteiger partial charge in [0.1, 0.15) is 0 Å². The molecule has 84 valence electrons. The fourth-order valence-electron chi connectivity index (χ4n) is 2.65. The lowest BCUT2D eigenvalue weighted by Gasteiger charge is -2.16. The Morgan fingerprint density at radius 3 is 2.93 bits per heavy atom. The van der Waals surface area contributed by atoms with Gasteiger partial charge >= 0.3 is 0 Å². The molecule has 0 amide bonds. The average molecular weight is 207 g/mol. The third kappa shape index (κ3) is 2.07. The van der Waals surface area contributed by atoms with E-state index in [1.807, 2.05) is 6.20 Å². The van der Waals surface area contributed by atoms with E-state index in [-0.39, 0.29) is 0 Å². The summed E-state index contributed by atoms with van der Waals surface area (Å²) in [7, 11) is 0. The number of hydrogen-bond acceptors (Lipinski definition) is 2. The number of hydrogen-bond donors (Lipinski definition) is 1. The van der Waals surface area contributed by atoms with Crippen LogP contribution in [0.1, 0.15) is 45.2 Å². The van der Waals surface area contributed by atoms with Crippen molar-refractivity contribution in [3.8, 4) is 0 Å². The number of nitrogens with one attached hydrogen (secondary N) is 1. The zero-order valence-corrected chi connectivity index (χ0v) is 9.90. The second-order valence-electron chi connectivity index (χ2n) is 4.68. The second kappa shape index (κ2) is 4.35. The molecule has 3 unspecified atom stereocenters. The first-order valence-electron chi connectivity index (χ1n) is 6.00. The minimum absolute atomic E-state index is 0.576. The van der Waals surface area contributed by atoms with Gasteiger partial charge in [0.15, 0.2) is 0 Å². The van der Waals surface area contributed by atoms with Gasteiger partial charge in [-0.15, -0.1) is 0 Å². The molecule has 0 aromatic carbocycles. The SMILES string of the molecule is CCCn1nccc1C1CC(C)NC1C. The van der Waals surface area contributed by atoms with Crippen LogP contribution in [0.2, 0.25) is 0 Å². The molecule has 1 aromatic rings. The van der Waals surface area contributed by atoms with Crippen LogP contribution in [-0.4, -0.2) is 21.9 Å². The zero-order valence-electron chi connectivity index (χ0n) is 9.90. The minimum Gasteiger partial charge on any atom is -0.311 e. The molecular weight excluding hydrogens is 186 g/mol. The third-order valence-electron chi connectivity index (χ3n) is 3.32. The monoisotopic (exact) mass is 207 g/mol. The summed E-state index contributed by atoms with van der Waals surface area (Å²) >= 11 is 0. The second-order valence-corrected chi connectivity index (χ2v) is 4.68. The Morgan fingerprint density at radius 1 is 1.53 bits per heavy atom. The Labute approximate surface area is 91.9 Å². The molecule has 3 nitrogen and oxygen atoms in total. The maximum Gasteiger partial charge on any atom is 0.0492 e. The van der Waals surface area contributed by atoms with E-state index in [0.717, 1.165) is 13.0 Å². The van der Waals surface area contributed by atoms with E-state index >= 15 is 0 Å². The van der Waals surface area contributed by atoms with E-state index in [9.17, 15) is 0 Å². The van der Waals surface area contributed by atoms with E-state index in [2.05, 4.69) is 41.9 Å². The highest BCUT2D eigenvalue weighted by Crippen LogP contribution is 2.30. The van der Waals surface area contributed by atoms with Crippen LogP contribution < -0.4 is 5.32 Å². The highest BCUT2D eigenvalue weighted by Gasteiger charge is 2.31. The zero-order chi connectivity index (χ0) is 10.8. The van der Waals surface area contributed by atoms with Crippen molar-refractivity contribution in [2.24, 2.45) is 0 Å². The van der Waals surface area contributed by atoms with Gasteiger partial charge in [0, 0.05) is 36.4 Å². The van der Waals surface area contributed by atoms with Gasteiger partial charge in [0.2, 0.25) is 0 Å². The largest absolute Gasteiger partial charge is 0.311 e. The molecule has 0 spiro atoms. The summed E-state index contributed by atoms with van der Waals surface area (Å²) in [5.41, 5.74) is 1.40. The Kier molecular flexibility index (Phi) is 3.10. The Hall–Kier alpha value is -0.830. The van der Waals surface area contributed by atoms with Crippen LogP contribution in [0.3, 0.4) is 0 Å². The molecule has 0 saturated carbocycles. The van der Waals surface area contributed by atoms with Gasteiger partial charge in [-0.2, -0.15) is 5.10 Å². The molecule has 1 aliphatic heterocycles. The fourth-order valence-corrected chi connectivity index (χ4v) is 2.65. The van der Waals surface area contributed by atoms with E-state index in [1.165, 1.54) is 12.1 Å². The predicted molar refractivity (Wildman–Crippen MR) is 61.9 cm³/mol.